The summed E-state index contributed by atoms with van der Waals surface area (Å²) in [7, 11) is -7.76. The Morgan fingerprint density at radius 1 is 0.879 bits per heavy atom. The first kappa shape index (κ1) is 21.8. The highest BCUT2D eigenvalue weighted by Crippen LogP contribution is 2.33. The zero-order valence-electron chi connectivity index (χ0n) is 17.7. The highest BCUT2D eigenvalue weighted by molar-refractivity contribution is 7.92. The molecule has 8 heteroatoms. The minimum atomic E-state index is -4.07. The summed E-state index contributed by atoms with van der Waals surface area (Å²) in [6, 6.07) is 23.8. The van der Waals surface area contributed by atoms with Crippen LogP contribution in [0.1, 0.15) is 11.1 Å². The molecule has 168 valence electrons. The van der Waals surface area contributed by atoms with Crippen molar-refractivity contribution in [2.75, 3.05) is 5.75 Å². The van der Waals surface area contributed by atoms with Crippen LogP contribution in [0.4, 0.5) is 0 Å². The van der Waals surface area contributed by atoms with Crippen LogP contribution in [0.2, 0.25) is 0 Å². The van der Waals surface area contributed by atoms with Crippen LogP contribution in [-0.2, 0) is 32.8 Å². The van der Waals surface area contributed by atoms with Gasteiger partial charge in [0.05, 0.1) is 16.2 Å². The fraction of sp³-hybridized carbons (Fsp3) is 0.160. The molecule has 0 radical (unpaired) electrons. The van der Waals surface area contributed by atoms with Crippen molar-refractivity contribution in [2.45, 2.75) is 28.8 Å². The van der Waals surface area contributed by atoms with Gasteiger partial charge in [-0.15, -0.1) is 0 Å². The van der Waals surface area contributed by atoms with Crippen LogP contribution in [0.15, 0.2) is 101 Å². The molecule has 2 heterocycles. The number of hydrogen-bond donors (Lipinski definition) is 0. The second-order valence-electron chi connectivity index (χ2n) is 8.11. The number of aromatic nitrogens is 1. The Labute approximate surface area is 193 Å². The first-order valence-corrected chi connectivity index (χ1v) is 13.7. The smallest absolute Gasteiger partial charge is 0.245 e. The minimum absolute atomic E-state index is 0.0293. The Morgan fingerprint density at radius 2 is 1.61 bits per heavy atom. The predicted octanol–water partition coefficient (Wildman–Crippen LogP) is 3.82. The number of sulfonamides is 1. The first-order chi connectivity index (χ1) is 15.9. The van der Waals surface area contributed by atoms with Crippen molar-refractivity contribution in [3.8, 4) is 0 Å². The second-order valence-corrected chi connectivity index (χ2v) is 12.0. The molecule has 5 rings (SSSR count). The molecule has 4 aromatic rings. The third-order valence-corrected chi connectivity index (χ3v) is 9.77. The van der Waals surface area contributed by atoms with Gasteiger partial charge in [-0.3, -0.25) is 4.98 Å². The van der Waals surface area contributed by atoms with Crippen molar-refractivity contribution < 1.29 is 16.8 Å². The van der Waals surface area contributed by atoms with E-state index >= 15 is 0 Å². The van der Waals surface area contributed by atoms with Crippen LogP contribution in [-0.4, -0.2) is 37.9 Å². The number of nitrogens with zero attached hydrogens (tertiary/aromatic N) is 2. The van der Waals surface area contributed by atoms with Crippen LogP contribution < -0.4 is 0 Å². The molecule has 0 bridgehead atoms. The summed E-state index contributed by atoms with van der Waals surface area (Å²) in [6.45, 7) is -0.0293. The molecule has 1 aliphatic rings. The maximum absolute atomic E-state index is 14.1. The molecule has 3 aromatic carbocycles. The number of benzene rings is 3. The van der Waals surface area contributed by atoms with Gasteiger partial charge in [-0.2, -0.15) is 4.31 Å². The van der Waals surface area contributed by atoms with Gasteiger partial charge in [-0.1, -0.05) is 66.7 Å². The van der Waals surface area contributed by atoms with Gasteiger partial charge < -0.3 is 0 Å². The number of sulfone groups is 1. The monoisotopic (exact) mass is 478 g/mol. The largest absolute Gasteiger partial charge is 0.255 e. The zero-order valence-corrected chi connectivity index (χ0v) is 19.3. The van der Waals surface area contributed by atoms with Gasteiger partial charge in [-0.05, 0) is 35.7 Å². The average Bonchev–Trinajstić information content (AvgIpc) is 2.93. The standard InChI is InChI=1S/C25H22N2O4S2/c28-32(29)18-22(16-19-8-2-1-3-9-19)27(17-21-10-4-5-13-23(21)32)33(30,31)24-14-6-11-20-12-7-15-26-25(20)24/h1-15,22H,16-18H2. The van der Waals surface area contributed by atoms with Crippen molar-refractivity contribution in [1.82, 2.24) is 9.29 Å². The molecule has 0 N–H and O–H groups in total. The third-order valence-electron chi connectivity index (χ3n) is 5.95. The summed E-state index contributed by atoms with van der Waals surface area (Å²) in [6.07, 6.45) is 1.84. The lowest BCUT2D eigenvalue weighted by atomic mass is 10.1. The number of fused-ring (bicyclic) bond motifs is 2. The van der Waals surface area contributed by atoms with Gasteiger partial charge in [0, 0.05) is 24.2 Å². The van der Waals surface area contributed by atoms with E-state index in [1.165, 1.54) is 10.4 Å². The minimum Gasteiger partial charge on any atom is -0.255 e. The Kier molecular flexibility index (Phi) is 5.52. The van der Waals surface area contributed by atoms with Crippen molar-refractivity contribution in [3.05, 3.63) is 102 Å². The van der Waals surface area contributed by atoms with Gasteiger partial charge in [0.2, 0.25) is 10.0 Å². The number of rotatable bonds is 4. The zero-order chi connectivity index (χ0) is 23.1. The van der Waals surface area contributed by atoms with E-state index in [1.54, 1.807) is 42.6 Å². The summed E-state index contributed by atoms with van der Waals surface area (Å²) in [5, 5.41) is 0.709. The molecule has 0 saturated carbocycles. The predicted molar refractivity (Wildman–Crippen MR) is 127 cm³/mol. The SMILES string of the molecule is O=S1(=O)CC(Cc2ccccc2)N(S(=O)(=O)c2cccc3cccnc23)Cc2ccccc21. The van der Waals surface area contributed by atoms with Crippen molar-refractivity contribution in [3.63, 3.8) is 0 Å². The average molecular weight is 479 g/mol. The molecule has 33 heavy (non-hydrogen) atoms. The molecule has 0 fully saturated rings. The lowest BCUT2D eigenvalue weighted by Gasteiger charge is -2.29. The summed E-state index contributed by atoms with van der Waals surface area (Å²) in [5.74, 6) is -0.295. The molecule has 0 saturated heterocycles. The van der Waals surface area contributed by atoms with Crippen molar-refractivity contribution in [1.29, 1.82) is 0 Å². The fourth-order valence-corrected chi connectivity index (χ4v) is 8.06. The molecular weight excluding hydrogens is 456 g/mol. The molecule has 6 nitrogen and oxygen atoms in total. The number of pyridine rings is 1. The maximum atomic E-state index is 14.1. The number of hydrogen-bond acceptors (Lipinski definition) is 5. The molecule has 1 unspecified atom stereocenters. The molecule has 1 aromatic heterocycles. The third kappa shape index (κ3) is 4.06. The van der Waals surface area contributed by atoms with E-state index in [1.807, 2.05) is 42.5 Å². The van der Waals surface area contributed by atoms with Gasteiger partial charge in [0.25, 0.3) is 0 Å². The van der Waals surface area contributed by atoms with Crippen LogP contribution in [0.5, 0.6) is 0 Å². The molecule has 1 atom stereocenters. The van der Waals surface area contributed by atoms with E-state index < -0.39 is 25.9 Å². The van der Waals surface area contributed by atoms with Gasteiger partial charge in [-0.25, -0.2) is 16.8 Å². The molecular formula is C25H22N2O4S2. The van der Waals surface area contributed by atoms with Crippen LogP contribution in [0, 0.1) is 0 Å². The Bertz CT molecular complexity index is 1530. The van der Waals surface area contributed by atoms with Crippen molar-refractivity contribution >= 4 is 30.8 Å². The lowest BCUT2D eigenvalue weighted by molar-refractivity contribution is 0.332. The van der Waals surface area contributed by atoms with E-state index in [0.29, 0.717) is 16.5 Å². The Hall–Kier alpha value is -3.07. The van der Waals surface area contributed by atoms with Gasteiger partial charge in [0.15, 0.2) is 9.84 Å². The summed E-state index contributed by atoms with van der Waals surface area (Å²) in [5.41, 5.74) is 1.73. The highest BCUT2D eigenvalue weighted by atomic mass is 32.2. The molecule has 0 spiro atoms. The normalized spacial score (nSPS) is 18.5. The highest BCUT2D eigenvalue weighted by Gasteiger charge is 2.39. The summed E-state index contributed by atoms with van der Waals surface area (Å²) in [4.78, 5) is 4.59. The second kappa shape index (κ2) is 8.37. The fourth-order valence-electron chi connectivity index (χ4n) is 4.40. The summed E-state index contributed by atoms with van der Waals surface area (Å²) < 4.78 is 56.0. The quantitative estimate of drug-likeness (QED) is 0.445. The van der Waals surface area contributed by atoms with E-state index in [9.17, 15) is 16.8 Å². The Morgan fingerprint density at radius 3 is 2.42 bits per heavy atom. The van der Waals surface area contributed by atoms with Gasteiger partial charge >= 0.3 is 0 Å². The van der Waals surface area contributed by atoms with E-state index in [4.69, 9.17) is 0 Å². The van der Waals surface area contributed by atoms with Crippen LogP contribution in [0.3, 0.4) is 0 Å². The first-order valence-electron chi connectivity index (χ1n) is 10.6. The van der Waals surface area contributed by atoms with Crippen LogP contribution in [0.25, 0.3) is 10.9 Å². The van der Waals surface area contributed by atoms with Crippen molar-refractivity contribution in [2.24, 2.45) is 0 Å². The van der Waals surface area contributed by atoms with E-state index in [0.717, 1.165) is 5.56 Å². The van der Waals surface area contributed by atoms with Gasteiger partial charge in [0.1, 0.15) is 4.90 Å². The molecule has 0 aliphatic carbocycles. The maximum Gasteiger partial charge on any atom is 0.245 e. The summed E-state index contributed by atoms with van der Waals surface area (Å²) >= 11 is 0. The molecule has 0 amide bonds. The topological polar surface area (TPSA) is 84.4 Å². The van der Waals surface area contributed by atoms with Crippen LogP contribution >= 0.6 is 0 Å². The number of para-hydroxylation sites is 1. The van der Waals surface area contributed by atoms with E-state index in [2.05, 4.69) is 4.98 Å². The lowest BCUT2D eigenvalue weighted by Crippen LogP contribution is -2.43. The Balaban J connectivity index is 1.69. The molecule has 1 aliphatic heterocycles. The van der Waals surface area contributed by atoms with E-state index in [-0.39, 0.29) is 28.5 Å².